The summed E-state index contributed by atoms with van der Waals surface area (Å²) in [5, 5.41) is 0. The van der Waals surface area contributed by atoms with Gasteiger partial charge in [0.1, 0.15) is 0 Å². The van der Waals surface area contributed by atoms with E-state index in [0.29, 0.717) is 24.7 Å². The van der Waals surface area contributed by atoms with Gasteiger partial charge < -0.3 is 9.80 Å². The minimum atomic E-state index is -3.25. The molecule has 0 unspecified atom stereocenters. The highest BCUT2D eigenvalue weighted by Gasteiger charge is 2.28. The van der Waals surface area contributed by atoms with Crippen LogP contribution in [0.25, 0.3) is 0 Å². The molecule has 150 valence electrons. The fourth-order valence-electron chi connectivity index (χ4n) is 3.25. The zero-order valence-corrected chi connectivity index (χ0v) is 17.0. The predicted octanol–water partition coefficient (Wildman–Crippen LogP) is 0.798. The Kier molecular flexibility index (Phi) is 5.55. The van der Waals surface area contributed by atoms with Gasteiger partial charge in [-0.05, 0) is 24.1 Å². The molecule has 1 aromatic heterocycles. The van der Waals surface area contributed by atoms with E-state index in [9.17, 15) is 18.0 Å². The van der Waals surface area contributed by atoms with Crippen LogP contribution in [0.2, 0.25) is 0 Å². The number of nitrogens with zero attached hydrogens (tertiary/aromatic N) is 3. The molecule has 2 heterocycles. The molecular weight excluding hydrogens is 380 g/mol. The summed E-state index contributed by atoms with van der Waals surface area (Å²) in [6.45, 7) is 1.13. The SMILES string of the molecule is CN(C)c1nc([C@@H]2CCN(C(=O)Cc3ccc(S(C)(=O)=O)cc3)C2)cc(=O)[nH]1. The first-order valence-corrected chi connectivity index (χ1v) is 10.9. The second-order valence-corrected chi connectivity index (χ2v) is 9.32. The van der Waals surface area contributed by atoms with Crippen LogP contribution in [0, 0.1) is 0 Å². The molecule has 1 N–H and O–H groups in total. The molecule has 1 aliphatic heterocycles. The van der Waals surface area contributed by atoms with E-state index in [1.807, 2.05) is 14.1 Å². The zero-order valence-electron chi connectivity index (χ0n) is 16.2. The zero-order chi connectivity index (χ0) is 20.5. The van der Waals surface area contributed by atoms with Gasteiger partial charge in [-0.2, -0.15) is 0 Å². The van der Waals surface area contributed by atoms with Crippen LogP contribution in [0.1, 0.15) is 23.6 Å². The summed E-state index contributed by atoms with van der Waals surface area (Å²) in [5.41, 5.74) is 1.26. The van der Waals surface area contributed by atoms with Gasteiger partial charge in [0.2, 0.25) is 11.9 Å². The third kappa shape index (κ3) is 4.59. The van der Waals surface area contributed by atoms with Gasteiger partial charge in [0, 0.05) is 45.4 Å². The van der Waals surface area contributed by atoms with E-state index in [2.05, 4.69) is 9.97 Å². The highest BCUT2D eigenvalue weighted by molar-refractivity contribution is 7.90. The maximum atomic E-state index is 12.6. The average Bonchev–Trinajstić information content (AvgIpc) is 3.11. The van der Waals surface area contributed by atoms with Crippen LogP contribution in [-0.2, 0) is 21.1 Å². The highest BCUT2D eigenvalue weighted by Crippen LogP contribution is 2.26. The molecule has 1 amide bonds. The standard InChI is InChI=1S/C19H24N4O4S/c1-22(2)19-20-16(11-17(24)21-19)14-8-9-23(12-14)18(25)10-13-4-6-15(7-5-13)28(3,26)27/h4-7,11,14H,8-10,12H2,1-3H3,(H,20,21,24)/t14-/m1/s1. The van der Waals surface area contributed by atoms with Crippen LogP contribution in [0.5, 0.6) is 0 Å². The molecule has 1 aliphatic rings. The summed E-state index contributed by atoms with van der Waals surface area (Å²) in [4.78, 5) is 35.4. The minimum Gasteiger partial charge on any atom is -0.348 e. The van der Waals surface area contributed by atoms with Gasteiger partial charge in [-0.15, -0.1) is 0 Å². The number of rotatable bonds is 5. The van der Waals surface area contributed by atoms with Crippen LogP contribution in [0.15, 0.2) is 40.0 Å². The lowest BCUT2D eigenvalue weighted by Crippen LogP contribution is -2.30. The van der Waals surface area contributed by atoms with Crippen molar-refractivity contribution in [3.05, 3.63) is 51.9 Å². The van der Waals surface area contributed by atoms with Gasteiger partial charge in [-0.3, -0.25) is 14.6 Å². The molecule has 1 saturated heterocycles. The first kappa shape index (κ1) is 20.1. The smallest absolute Gasteiger partial charge is 0.252 e. The number of anilines is 1. The molecule has 3 rings (SSSR count). The maximum absolute atomic E-state index is 12.6. The number of likely N-dealkylation sites (tertiary alicyclic amines) is 1. The van der Waals surface area contributed by atoms with Crippen molar-refractivity contribution in [2.24, 2.45) is 0 Å². The van der Waals surface area contributed by atoms with Crippen LogP contribution < -0.4 is 10.5 Å². The molecule has 2 aromatic rings. The second-order valence-electron chi connectivity index (χ2n) is 7.31. The number of amides is 1. The number of H-pyrrole nitrogens is 1. The van der Waals surface area contributed by atoms with Crippen molar-refractivity contribution in [3.63, 3.8) is 0 Å². The molecule has 28 heavy (non-hydrogen) atoms. The molecule has 1 fully saturated rings. The van der Waals surface area contributed by atoms with E-state index in [4.69, 9.17) is 0 Å². The van der Waals surface area contributed by atoms with Gasteiger partial charge in [-0.25, -0.2) is 13.4 Å². The van der Waals surface area contributed by atoms with Gasteiger partial charge >= 0.3 is 0 Å². The van der Waals surface area contributed by atoms with Crippen LogP contribution >= 0.6 is 0 Å². The summed E-state index contributed by atoms with van der Waals surface area (Å²) in [7, 11) is 0.366. The van der Waals surface area contributed by atoms with E-state index < -0.39 is 9.84 Å². The molecule has 9 heteroatoms. The number of aromatic nitrogens is 2. The Morgan fingerprint density at radius 3 is 2.57 bits per heavy atom. The number of hydrogen-bond donors (Lipinski definition) is 1. The molecular formula is C19H24N4O4S. The average molecular weight is 404 g/mol. The van der Waals surface area contributed by atoms with Crippen LogP contribution in [-0.4, -0.2) is 62.6 Å². The Morgan fingerprint density at radius 2 is 1.96 bits per heavy atom. The van der Waals surface area contributed by atoms with E-state index in [1.54, 1.807) is 21.9 Å². The lowest BCUT2D eigenvalue weighted by molar-refractivity contribution is -0.129. The Labute approximate surface area is 164 Å². The Balaban J connectivity index is 1.67. The van der Waals surface area contributed by atoms with E-state index in [-0.39, 0.29) is 28.7 Å². The lowest BCUT2D eigenvalue weighted by Gasteiger charge is -2.17. The topological polar surface area (TPSA) is 103 Å². The number of carbonyl (C=O) groups excluding carboxylic acids is 1. The summed E-state index contributed by atoms with van der Waals surface area (Å²) < 4.78 is 23.1. The first-order valence-electron chi connectivity index (χ1n) is 8.99. The van der Waals surface area contributed by atoms with Crippen LogP contribution in [0.3, 0.4) is 0 Å². The molecule has 0 saturated carbocycles. The molecule has 1 aromatic carbocycles. The number of carbonyl (C=O) groups is 1. The monoisotopic (exact) mass is 404 g/mol. The van der Waals surface area contributed by atoms with E-state index >= 15 is 0 Å². The van der Waals surface area contributed by atoms with Crippen molar-refractivity contribution in [2.75, 3.05) is 38.3 Å². The van der Waals surface area contributed by atoms with Crippen molar-refractivity contribution in [1.29, 1.82) is 0 Å². The third-order valence-electron chi connectivity index (χ3n) is 4.84. The van der Waals surface area contributed by atoms with Gasteiger partial charge in [0.25, 0.3) is 5.56 Å². The Morgan fingerprint density at radius 1 is 1.29 bits per heavy atom. The Bertz CT molecular complexity index is 1030. The molecule has 0 spiro atoms. The summed E-state index contributed by atoms with van der Waals surface area (Å²) in [6.07, 6.45) is 2.12. The fraction of sp³-hybridized carbons (Fsp3) is 0.421. The van der Waals surface area contributed by atoms with Gasteiger partial charge in [-0.1, -0.05) is 12.1 Å². The number of aromatic amines is 1. The number of nitrogens with one attached hydrogen (secondary N) is 1. The Hall–Kier alpha value is -2.68. The molecule has 0 bridgehead atoms. The van der Waals surface area contributed by atoms with Crippen molar-refractivity contribution in [3.8, 4) is 0 Å². The number of benzene rings is 1. The molecule has 8 nitrogen and oxygen atoms in total. The maximum Gasteiger partial charge on any atom is 0.252 e. The number of sulfone groups is 1. The van der Waals surface area contributed by atoms with E-state index in [1.165, 1.54) is 18.2 Å². The van der Waals surface area contributed by atoms with Gasteiger partial charge in [0.05, 0.1) is 17.0 Å². The lowest BCUT2D eigenvalue weighted by atomic mass is 10.0. The van der Waals surface area contributed by atoms with Crippen molar-refractivity contribution in [1.82, 2.24) is 14.9 Å². The molecule has 1 atom stereocenters. The quantitative estimate of drug-likeness (QED) is 0.791. The minimum absolute atomic E-state index is 0.0210. The largest absolute Gasteiger partial charge is 0.348 e. The molecule has 0 aliphatic carbocycles. The fourth-order valence-corrected chi connectivity index (χ4v) is 3.88. The summed E-state index contributed by atoms with van der Waals surface area (Å²) in [5.74, 6) is 0.503. The third-order valence-corrected chi connectivity index (χ3v) is 5.97. The first-order chi connectivity index (χ1) is 13.1. The highest BCUT2D eigenvalue weighted by atomic mass is 32.2. The van der Waals surface area contributed by atoms with E-state index in [0.717, 1.165) is 18.2 Å². The normalized spacial score (nSPS) is 17.0. The summed E-state index contributed by atoms with van der Waals surface area (Å²) >= 11 is 0. The van der Waals surface area contributed by atoms with Gasteiger partial charge in [0.15, 0.2) is 9.84 Å². The van der Waals surface area contributed by atoms with Crippen molar-refractivity contribution >= 4 is 21.7 Å². The van der Waals surface area contributed by atoms with Crippen molar-refractivity contribution < 1.29 is 13.2 Å². The second kappa shape index (κ2) is 7.75. The predicted molar refractivity (Wildman–Crippen MR) is 106 cm³/mol. The van der Waals surface area contributed by atoms with Crippen molar-refractivity contribution in [2.45, 2.75) is 23.7 Å². The van der Waals surface area contributed by atoms with Crippen LogP contribution in [0.4, 0.5) is 5.95 Å². The summed E-state index contributed by atoms with van der Waals surface area (Å²) in [6, 6.07) is 7.88. The number of hydrogen-bond acceptors (Lipinski definition) is 6. The molecule has 0 radical (unpaired) electrons.